The summed E-state index contributed by atoms with van der Waals surface area (Å²) in [7, 11) is -4.29. The molecule has 3 aromatic carbocycles. The number of anilines is 1. The average Bonchev–Trinajstić information content (AvgIpc) is 3.17. The van der Waals surface area contributed by atoms with Crippen molar-refractivity contribution in [1.82, 2.24) is 25.3 Å². The maximum absolute atomic E-state index is 13.6. The molecule has 0 saturated heterocycles. The molecule has 2 amide bonds. The quantitative estimate of drug-likeness (QED) is 0.0313. The minimum Gasteiger partial charge on any atom is -0.508 e. The first kappa shape index (κ1) is 39.3. The van der Waals surface area contributed by atoms with E-state index in [2.05, 4.69) is 30.7 Å². The van der Waals surface area contributed by atoms with E-state index in [0.717, 1.165) is 28.6 Å². The highest BCUT2D eigenvalue weighted by Gasteiger charge is 2.34. The molecular formula is C39H43N7O7S. The topological polar surface area (TPSA) is 218 Å². The summed E-state index contributed by atoms with van der Waals surface area (Å²) in [5.74, 6) is 4.85. The first-order valence-electron chi connectivity index (χ1n) is 17.1. The number of carbonyl (C=O) groups is 2. The number of nitrogens with one attached hydrogen (secondary N) is 4. The Balaban J connectivity index is 1.20. The van der Waals surface area contributed by atoms with Gasteiger partial charge in [0.2, 0.25) is 27.7 Å². The number of pyridine rings is 2. The summed E-state index contributed by atoms with van der Waals surface area (Å²) >= 11 is 0. The number of hydrazine groups is 1. The molecule has 0 bridgehead atoms. The molecule has 5 rings (SSSR count). The van der Waals surface area contributed by atoms with Crippen molar-refractivity contribution in [3.8, 4) is 34.0 Å². The first-order chi connectivity index (χ1) is 25.8. The van der Waals surface area contributed by atoms with Gasteiger partial charge in [0.05, 0.1) is 18.3 Å². The third kappa shape index (κ3) is 10.8. The summed E-state index contributed by atoms with van der Waals surface area (Å²) in [6, 6.07) is 30.9. The summed E-state index contributed by atoms with van der Waals surface area (Å²) in [4.78, 5) is 34.9. The number of aromatic nitrogens is 2. The van der Waals surface area contributed by atoms with Crippen LogP contribution >= 0.6 is 0 Å². The lowest BCUT2D eigenvalue weighted by molar-refractivity contribution is -0.133. The van der Waals surface area contributed by atoms with Crippen molar-refractivity contribution in [2.24, 2.45) is 5.84 Å². The number of nitrogens with two attached hydrogens (primary N) is 1. The van der Waals surface area contributed by atoms with Crippen LogP contribution in [0.15, 0.2) is 120 Å². The molecule has 14 nitrogen and oxygen atoms in total. The van der Waals surface area contributed by atoms with E-state index < -0.39 is 39.6 Å². The number of aromatic hydroxyl groups is 1. The number of hydrogen-bond acceptors (Lipinski definition) is 11. The van der Waals surface area contributed by atoms with Crippen LogP contribution in [-0.2, 0) is 26.0 Å². The van der Waals surface area contributed by atoms with E-state index in [0.29, 0.717) is 17.9 Å². The van der Waals surface area contributed by atoms with Gasteiger partial charge in [0.1, 0.15) is 28.2 Å². The van der Waals surface area contributed by atoms with E-state index in [1.807, 2.05) is 72.8 Å². The number of rotatable bonds is 17. The van der Waals surface area contributed by atoms with Crippen LogP contribution in [0.3, 0.4) is 0 Å². The molecule has 0 radical (unpaired) electrons. The summed E-state index contributed by atoms with van der Waals surface area (Å²) < 4.78 is 34.3. The molecule has 2 atom stereocenters. The van der Waals surface area contributed by atoms with E-state index >= 15 is 0 Å². The number of nitrogens with zero attached hydrogens (tertiary/aromatic N) is 2. The number of benzene rings is 3. The lowest BCUT2D eigenvalue weighted by Crippen LogP contribution is -2.60. The third-order valence-corrected chi connectivity index (χ3v) is 9.77. The van der Waals surface area contributed by atoms with E-state index in [4.69, 9.17) is 10.6 Å². The normalized spacial score (nSPS) is 12.7. The minimum absolute atomic E-state index is 0.00616. The molecule has 0 aliphatic rings. The van der Waals surface area contributed by atoms with Gasteiger partial charge in [0, 0.05) is 24.2 Å². The molecule has 2 unspecified atom stereocenters. The number of amides is 2. The molecule has 5 aromatic rings. The molecule has 0 saturated carbocycles. The SMILES string of the molecule is CC(C)(NC(=O)CCCOc1cc(-c2ccccc2)cc(-c2ccccc2)n1)C(=O)NC(Cc1ccc(O)cc1)C(O)NS(=O)(=O)c1ccc(NN)nc1. The highest BCUT2D eigenvalue weighted by Crippen LogP contribution is 2.29. The molecule has 0 aliphatic carbocycles. The predicted octanol–water partition coefficient (Wildman–Crippen LogP) is 3.88. The van der Waals surface area contributed by atoms with E-state index in [9.17, 15) is 28.2 Å². The Bertz CT molecular complexity index is 2060. The molecule has 2 heterocycles. The minimum atomic E-state index is -4.29. The lowest BCUT2D eigenvalue weighted by atomic mass is 10.00. The van der Waals surface area contributed by atoms with Crippen molar-refractivity contribution >= 4 is 27.7 Å². The van der Waals surface area contributed by atoms with Gasteiger partial charge in [-0.1, -0.05) is 72.8 Å². The second kappa shape index (κ2) is 17.8. The molecule has 282 valence electrons. The highest BCUT2D eigenvalue weighted by molar-refractivity contribution is 7.89. The number of sulfonamides is 1. The highest BCUT2D eigenvalue weighted by atomic mass is 32.2. The van der Waals surface area contributed by atoms with Crippen molar-refractivity contribution in [3.63, 3.8) is 0 Å². The van der Waals surface area contributed by atoms with Gasteiger partial charge in [0.15, 0.2) is 0 Å². The van der Waals surface area contributed by atoms with Crippen LogP contribution in [0.5, 0.6) is 11.6 Å². The number of aliphatic hydroxyl groups is 1. The fourth-order valence-corrected chi connectivity index (χ4v) is 6.48. The van der Waals surface area contributed by atoms with E-state index in [-0.39, 0.29) is 35.9 Å². The first-order valence-corrected chi connectivity index (χ1v) is 18.6. The summed E-state index contributed by atoms with van der Waals surface area (Å²) in [6.45, 7) is 3.17. The van der Waals surface area contributed by atoms with Gasteiger partial charge >= 0.3 is 0 Å². The largest absolute Gasteiger partial charge is 0.508 e. The second-order valence-corrected chi connectivity index (χ2v) is 14.7. The van der Waals surface area contributed by atoms with Crippen LogP contribution in [0.25, 0.3) is 22.4 Å². The van der Waals surface area contributed by atoms with E-state index in [1.54, 1.807) is 12.1 Å². The number of ether oxygens (including phenoxy) is 1. The summed E-state index contributed by atoms with van der Waals surface area (Å²) in [5, 5.41) is 26.2. The number of carbonyl (C=O) groups excluding carboxylic acids is 2. The van der Waals surface area contributed by atoms with Crippen molar-refractivity contribution in [1.29, 1.82) is 0 Å². The number of nitrogen functional groups attached to an aromatic ring is 1. The average molecular weight is 754 g/mol. The Labute approximate surface area is 313 Å². The standard InChI is InChI=1S/C39H43N7O7S/c1-39(2,38(50)43-33(22-26-15-17-30(47)18-16-26)37(49)46-54(51,52)31-19-20-34(45-40)41-25-31)44-35(48)14-9-21-53-36-24-29(27-10-5-3-6-11-27)23-32(42-36)28-12-7-4-8-13-28/h3-8,10-13,15-20,23-25,33,37,46-47,49H,9,14,21-22,40H2,1-2H3,(H,41,45)(H,43,50)(H,44,48). The molecule has 0 spiro atoms. The third-order valence-electron chi connectivity index (χ3n) is 8.36. The smallest absolute Gasteiger partial charge is 0.245 e. The maximum atomic E-state index is 13.6. The van der Waals surface area contributed by atoms with Crippen molar-refractivity contribution in [2.45, 2.75) is 55.8 Å². The van der Waals surface area contributed by atoms with Crippen molar-refractivity contribution in [3.05, 3.63) is 121 Å². The van der Waals surface area contributed by atoms with Crippen LogP contribution < -0.4 is 31.4 Å². The van der Waals surface area contributed by atoms with Crippen LogP contribution in [-0.4, -0.2) is 64.8 Å². The van der Waals surface area contributed by atoms with Gasteiger partial charge in [-0.25, -0.2) is 24.2 Å². The Morgan fingerprint density at radius 3 is 2.19 bits per heavy atom. The Morgan fingerprint density at radius 1 is 0.889 bits per heavy atom. The van der Waals surface area contributed by atoms with Gasteiger partial charge in [0.25, 0.3) is 0 Å². The zero-order valence-electron chi connectivity index (χ0n) is 29.8. The molecule has 8 N–H and O–H groups in total. The number of phenols is 1. The van der Waals surface area contributed by atoms with Gasteiger partial charge in [-0.3, -0.25) is 9.59 Å². The zero-order chi connectivity index (χ0) is 38.7. The van der Waals surface area contributed by atoms with Crippen LogP contribution in [0.1, 0.15) is 32.3 Å². The number of aliphatic hydroxyl groups excluding tert-OH is 1. The lowest BCUT2D eigenvalue weighted by Gasteiger charge is -2.31. The molecule has 54 heavy (non-hydrogen) atoms. The zero-order valence-corrected chi connectivity index (χ0v) is 30.6. The number of hydrogen-bond donors (Lipinski definition) is 7. The van der Waals surface area contributed by atoms with Crippen LogP contribution in [0.2, 0.25) is 0 Å². The fourth-order valence-electron chi connectivity index (χ4n) is 5.42. The maximum Gasteiger partial charge on any atom is 0.245 e. The second-order valence-electron chi connectivity index (χ2n) is 13.0. The summed E-state index contributed by atoms with van der Waals surface area (Å²) in [6.07, 6.45) is -0.423. The van der Waals surface area contributed by atoms with Crippen molar-refractivity contribution in [2.75, 3.05) is 12.0 Å². The molecular weight excluding hydrogens is 711 g/mol. The van der Waals surface area contributed by atoms with E-state index in [1.165, 1.54) is 38.1 Å². The molecule has 2 aromatic heterocycles. The van der Waals surface area contributed by atoms with Gasteiger partial charge in [-0.05, 0) is 73.7 Å². The molecule has 0 aliphatic heterocycles. The molecule has 15 heteroatoms. The Morgan fingerprint density at radius 2 is 1.56 bits per heavy atom. The van der Waals surface area contributed by atoms with Gasteiger partial charge in [-0.15, -0.1) is 0 Å². The van der Waals surface area contributed by atoms with Crippen LogP contribution in [0, 0.1) is 0 Å². The number of phenolic OH excluding ortho intramolecular Hbond substituents is 1. The van der Waals surface area contributed by atoms with Crippen molar-refractivity contribution < 1.29 is 33.0 Å². The fraction of sp³-hybridized carbons (Fsp3) is 0.231. The monoisotopic (exact) mass is 753 g/mol. The predicted molar refractivity (Wildman–Crippen MR) is 204 cm³/mol. The van der Waals surface area contributed by atoms with Gasteiger partial charge < -0.3 is 31.0 Å². The molecule has 0 fully saturated rings. The summed E-state index contributed by atoms with van der Waals surface area (Å²) in [5.41, 5.74) is 5.03. The Kier molecular flexibility index (Phi) is 12.9. The van der Waals surface area contributed by atoms with Gasteiger partial charge in [-0.2, -0.15) is 4.72 Å². The van der Waals surface area contributed by atoms with Crippen LogP contribution in [0.4, 0.5) is 5.82 Å². The Hall–Kier alpha value is -5.87.